The van der Waals surface area contributed by atoms with E-state index in [0.29, 0.717) is 23.4 Å². The molecule has 2 aromatic carbocycles. The Labute approximate surface area is 148 Å². The van der Waals surface area contributed by atoms with Crippen molar-refractivity contribution in [3.05, 3.63) is 65.7 Å². The minimum absolute atomic E-state index is 0.0837. The molecule has 0 aliphatic carbocycles. The number of rotatable bonds is 5. The molecule has 1 saturated heterocycles. The number of hydrogen-bond acceptors (Lipinski definition) is 4. The molecular weight excluding hydrogens is 314 g/mol. The van der Waals surface area contributed by atoms with Gasteiger partial charge in [0.2, 0.25) is 0 Å². The topological polar surface area (TPSA) is 52.6 Å². The maximum absolute atomic E-state index is 12.5. The highest BCUT2D eigenvalue weighted by Gasteiger charge is 2.17. The highest BCUT2D eigenvalue weighted by Crippen LogP contribution is 2.14. The van der Waals surface area contributed by atoms with E-state index in [1.165, 1.54) is 0 Å². The fourth-order valence-corrected chi connectivity index (χ4v) is 2.86. The van der Waals surface area contributed by atoms with E-state index in [2.05, 4.69) is 22.2 Å². The molecule has 0 saturated carbocycles. The molecule has 25 heavy (non-hydrogen) atoms. The number of ketones is 1. The number of likely N-dealkylation sites (N-methyl/N-ethyl adjacent to an activating group) is 1. The third kappa shape index (κ3) is 4.75. The molecule has 1 fully saturated rings. The lowest BCUT2D eigenvalue weighted by molar-refractivity contribution is 0.0876. The van der Waals surface area contributed by atoms with Crippen LogP contribution in [-0.2, 0) is 0 Å². The van der Waals surface area contributed by atoms with Crippen LogP contribution in [0.2, 0.25) is 0 Å². The van der Waals surface area contributed by atoms with Crippen LogP contribution >= 0.6 is 0 Å². The van der Waals surface area contributed by atoms with Crippen LogP contribution in [0, 0.1) is 0 Å². The lowest BCUT2D eigenvalue weighted by atomic mass is 10.1. The maximum atomic E-state index is 12.5. The van der Waals surface area contributed by atoms with E-state index in [1.807, 2.05) is 18.2 Å². The number of nitrogens with zero attached hydrogens (tertiary/aromatic N) is 2. The van der Waals surface area contributed by atoms with Crippen molar-refractivity contribution in [3.63, 3.8) is 0 Å². The predicted octanol–water partition coefficient (Wildman–Crippen LogP) is 2.37. The summed E-state index contributed by atoms with van der Waals surface area (Å²) in [5.74, 6) is -0.0929. The largest absolute Gasteiger partial charge is 0.322 e. The summed E-state index contributed by atoms with van der Waals surface area (Å²) in [7, 11) is 2.10. The third-order valence-electron chi connectivity index (χ3n) is 4.44. The summed E-state index contributed by atoms with van der Waals surface area (Å²) < 4.78 is 0. The van der Waals surface area contributed by atoms with E-state index in [-0.39, 0.29) is 11.7 Å². The number of carbonyl (C=O) groups excluding carboxylic acids is 2. The minimum atomic E-state index is -0.177. The van der Waals surface area contributed by atoms with Crippen LogP contribution in [0.15, 0.2) is 54.6 Å². The molecule has 2 aromatic rings. The molecule has 0 unspecified atom stereocenters. The van der Waals surface area contributed by atoms with Gasteiger partial charge in [-0.3, -0.25) is 14.5 Å². The second-order valence-electron chi connectivity index (χ2n) is 6.40. The average Bonchev–Trinajstić information content (AvgIpc) is 2.64. The molecule has 0 atom stereocenters. The van der Waals surface area contributed by atoms with E-state index in [4.69, 9.17) is 0 Å². The Morgan fingerprint density at radius 1 is 0.920 bits per heavy atom. The number of carbonyl (C=O) groups is 2. The number of benzene rings is 2. The lowest BCUT2D eigenvalue weighted by Gasteiger charge is -2.31. The van der Waals surface area contributed by atoms with Crippen molar-refractivity contribution in [1.82, 2.24) is 9.80 Å². The van der Waals surface area contributed by atoms with Crippen molar-refractivity contribution >= 4 is 17.4 Å². The molecule has 0 spiro atoms. The molecule has 0 radical (unpaired) electrons. The Balaban J connectivity index is 1.63. The molecule has 1 aliphatic heterocycles. The SMILES string of the molecule is CN1CCN(CC(=O)c2cccc(NC(=O)c3ccccc3)c2)CC1. The number of anilines is 1. The van der Waals surface area contributed by atoms with Crippen molar-refractivity contribution in [2.45, 2.75) is 0 Å². The molecular formula is C20H23N3O2. The standard InChI is InChI=1S/C20H23N3O2/c1-22-10-12-23(13-11-22)15-19(24)17-8-5-9-18(14-17)21-20(25)16-6-3-2-4-7-16/h2-9,14H,10-13,15H2,1H3,(H,21,25). The third-order valence-corrected chi connectivity index (χ3v) is 4.44. The van der Waals surface area contributed by atoms with Gasteiger partial charge in [-0.1, -0.05) is 30.3 Å². The van der Waals surface area contributed by atoms with Gasteiger partial charge in [-0.25, -0.2) is 0 Å². The second-order valence-corrected chi connectivity index (χ2v) is 6.40. The number of amides is 1. The van der Waals surface area contributed by atoms with Gasteiger partial charge in [0.05, 0.1) is 6.54 Å². The van der Waals surface area contributed by atoms with Gasteiger partial charge >= 0.3 is 0 Å². The van der Waals surface area contributed by atoms with Gasteiger partial charge in [0.25, 0.3) is 5.91 Å². The van der Waals surface area contributed by atoms with E-state index in [0.717, 1.165) is 26.2 Å². The molecule has 130 valence electrons. The zero-order valence-electron chi connectivity index (χ0n) is 14.4. The molecule has 1 amide bonds. The normalized spacial score (nSPS) is 15.7. The Bertz CT molecular complexity index is 738. The zero-order valence-corrected chi connectivity index (χ0v) is 14.4. The average molecular weight is 337 g/mol. The summed E-state index contributed by atoms with van der Waals surface area (Å²) in [5.41, 5.74) is 1.86. The summed E-state index contributed by atoms with van der Waals surface area (Å²) in [6, 6.07) is 16.2. The van der Waals surface area contributed by atoms with Crippen molar-refractivity contribution < 1.29 is 9.59 Å². The Hall–Kier alpha value is -2.50. The molecule has 5 heteroatoms. The Morgan fingerprint density at radius 3 is 2.32 bits per heavy atom. The van der Waals surface area contributed by atoms with E-state index >= 15 is 0 Å². The Morgan fingerprint density at radius 2 is 1.60 bits per heavy atom. The summed E-state index contributed by atoms with van der Waals surface area (Å²) in [6.45, 7) is 4.21. The molecule has 0 bridgehead atoms. The van der Waals surface area contributed by atoms with Gasteiger partial charge in [-0.05, 0) is 31.3 Å². The van der Waals surface area contributed by atoms with E-state index in [1.54, 1.807) is 36.4 Å². The molecule has 1 heterocycles. The van der Waals surface area contributed by atoms with E-state index < -0.39 is 0 Å². The van der Waals surface area contributed by atoms with Crippen molar-refractivity contribution in [1.29, 1.82) is 0 Å². The van der Waals surface area contributed by atoms with E-state index in [9.17, 15) is 9.59 Å². The first-order valence-corrected chi connectivity index (χ1v) is 8.52. The summed E-state index contributed by atoms with van der Waals surface area (Å²) in [4.78, 5) is 29.2. The van der Waals surface area contributed by atoms with Crippen LogP contribution in [0.4, 0.5) is 5.69 Å². The van der Waals surface area contributed by atoms with Crippen LogP contribution in [0.5, 0.6) is 0 Å². The quantitative estimate of drug-likeness (QED) is 0.851. The van der Waals surface area contributed by atoms with Crippen LogP contribution in [0.25, 0.3) is 0 Å². The van der Waals surface area contributed by atoms with Gasteiger partial charge < -0.3 is 10.2 Å². The fourth-order valence-electron chi connectivity index (χ4n) is 2.86. The molecule has 1 aliphatic rings. The molecule has 3 rings (SSSR count). The summed E-state index contributed by atoms with van der Waals surface area (Å²) in [6.07, 6.45) is 0. The van der Waals surface area contributed by atoms with Crippen molar-refractivity contribution in [2.75, 3.05) is 45.1 Å². The van der Waals surface area contributed by atoms with Gasteiger partial charge in [0.15, 0.2) is 5.78 Å². The predicted molar refractivity (Wildman–Crippen MR) is 99.1 cm³/mol. The van der Waals surface area contributed by atoms with Gasteiger partial charge in [-0.15, -0.1) is 0 Å². The fraction of sp³-hybridized carbons (Fsp3) is 0.300. The summed E-state index contributed by atoms with van der Waals surface area (Å²) >= 11 is 0. The Kier molecular flexibility index (Phi) is 5.58. The second kappa shape index (κ2) is 8.05. The van der Waals surface area contributed by atoms with Crippen molar-refractivity contribution in [2.24, 2.45) is 0 Å². The first kappa shape index (κ1) is 17.3. The van der Waals surface area contributed by atoms with Crippen molar-refractivity contribution in [3.8, 4) is 0 Å². The number of hydrogen-bond donors (Lipinski definition) is 1. The first-order chi connectivity index (χ1) is 12.1. The van der Waals surface area contributed by atoms with Crippen LogP contribution in [0.3, 0.4) is 0 Å². The highest BCUT2D eigenvalue weighted by molar-refractivity contribution is 6.05. The van der Waals surface area contributed by atoms with Crippen LogP contribution in [0.1, 0.15) is 20.7 Å². The minimum Gasteiger partial charge on any atom is -0.322 e. The maximum Gasteiger partial charge on any atom is 0.255 e. The molecule has 5 nitrogen and oxygen atoms in total. The van der Waals surface area contributed by atoms with Gasteiger partial charge in [-0.2, -0.15) is 0 Å². The van der Waals surface area contributed by atoms with Crippen LogP contribution in [-0.4, -0.2) is 61.3 Å². The number of Topliss-reactive ketones (excluding diaryl/α,β-unsaturated/α-hetero) is 1. The molecule has 1 N–H and O–H groups in total. The zero-order chi connectivity index (χ0) is 17.6. The first-order valence-electron chi connectivity index (χ1n) is 8.52. The summed E-state index contributed by atoms with van der Waals surface area (Å²) in [5, 5.41) is 2.85. The van der Waals surface area contributed by atoms with Gasteiger partial charge in [0, 0.05) is 43.0 Å². The monoisotopic (exact) mass is 337 g/mol. The number of piperazine rings is 1. The lowest BCUT2D eigenvalue weighted by Crippen LogP contribution is -2.46. The number of nitrogens with one attached hydrogen (secondary N) is 1. The molecule has 0 aromatic heterocycles. The highest BCUT2D eigenvalue weighted by atomic mass is 16.1. The smallest absolute Gasteiger partial charge is 0.255 e. The van der Waals surface area contributed by atoms with Crippen LogP contribution < -0.4 is 5.32 Å². The van der Waals surface area contributed by atoms with Gasteiger partial charge in [0.1, 0.15) is 0 Å².